The van der Waals surface area contributed by atoms with Crippen LogP contribution >= 0.6 is 0 Å². The number of halogens is 6. The lowest BCUT2D eigenvalue weighted by atomic mass is 10.0. The Morgan fingerprint density at radius 1 is 1.22 bits per heavy atom. The van der Waals surface area contributed by atoms with E-state index >= 15 is 0 Å². The van der Waals surface area contributed by atoms with E-state index in [1.807, 2.05) is 0 Å². The first kappa shape index (κ1) is 20.8. The van der Waals surface area contributed by atoms with Crippen molar-refractivity contribution in [3.63, 3.8) is 0 Å². The van der Waals surface area contributed by atoms with Crippen LogP contribution in [0.2, 0.25) is 0 Å². The first-order valence-corrected chi connectivity index (χ1v) is 7.94. The summed E-state index contributed by atoms with van der Waals surface area (Å²) in [5.74, 6) is -1.68. The summed E-state index contributed by atoms with van der Waals surface area (Å²) in [5, 5.41) is 4.96. The largest absolute Gasteiger partial charge is 0.492 e. The van der Waals surface area contributed by atoms with Crippen LogP contribution in [-0.2, 0) is 11.0 Å². The van der Waals surface area contributed by atoms with E-state index in [2.05, 4.69) is 10.6 Å². The molecule has 1 fully saturated rings. The number of nitrogens with one attached hydrogen (secondary N) is 2. The molecule has 0 saturated carbocycles. The van der Waals surface area contributed by atoms with Gasteiger partial charge in [0.15, 0.2) is 0 Å². The maximum Gasteiger partial charge on any atom is 0.416 e. The Labute approximate surface area is 150 Å². The molecule has 2 rings (SSSR count). The van der Waals surface area contributed by atoms with Crippen molar-refractivity contribution in [3.8, 4) is 5.75 Å². The van der Waals surface area contributed by atoms with Gasteiger partial charge in [-0.15, -0.1) is 0 Å². The van der Waals surface area contributed by atoms with Crippen LogP contribution in [0.5, 0.6) is 5.75 Å². The molecule has 0 radical (unpaired) electrons. The van der Waals surface area contributed by atoms with E-state index in [0.29, 0.717) is 25.1 Å². The number of alkyl halides is 6. The fraction of sp³-hybridized carbons (Fsp3) is 0.500. The van der Waals surface area contributed by atoms with E-state index in [1.165, 1.54) is 0 Å². The normalized spacial score (nSPS) is 18.0. The summed E-state index contributed by atoms with van der Waals surface area (Å²) in [4.78, 5) is 23.7. The van der Waals surface area contributed by atoms with Crippen molar-refractivity contribution in [1.29, 1.82) is 0 Å². The Bertz CT molecular complexity index is 702. The van der Waals surface area contributed by atoms with Gasteiger partial charge in [-0.3, -0.25) is 9.59 Å². The highest BCUT2D eigenvalue weighted by atomic mass is 19.4. The van der Waals surface area contributed by atoms with E-state index < -0.39 is 54.2 Å². The van der Waals surface area contributed by atoms with Crippen LogP contribution in [0.1, 0.15) is 35.2 Å². The number of hydrogen-bond acceptors (Lipinski definition) is 3. The lowest BCUT2D eigenvalue weighted by Gasteiger charge is -2.24. The predicted molar refractivity (Wildman–Crippen MR) is 81.1 cm³/mol. The van der Waals surface area contributed by atoms with Gasteiger partial charge in [-0.05, 0) is 24.6 Å². The molecule has 2 N–H and O–H groups in total. The topological polar surface area (TPSA) is 67.4 Å². The van der Waals surface area contributed by atoms with E-state index in [0.717, 1.165) is 6.07 Å². The zero-order valence-electron chi connectivity index (χ0n) is 13.8. The van der Waals surface area contributed by atoms with Crippen LogP contribution in [0, 0.1) is 0 Å². The van der Waals surface area contributed by atoms with Crippen molar-refractivity contribution < 1.29 is 40.7 Å². The number of ether oxygens (including phenoxy) is 1. The zero-order chi connectivity index (χ0) is 20.2. The van der Waals surface area contributed by atoms with E-state index in [9.17, 15) is 35.9 Å². The number of carbonyl (C=O) groups is 2. The number of benzene rings is 1. The van der Waals surface area contributed by atoms with Crippen molar-refractivity contribution in [3.05, 3.63) is 29.3 Å². The van der Waals surface area contributed by atoms with Gasteiger partial charge < -0.3 is 15.4 Å². The number of carbonyl (C=O) groups excluding carboxylic acids is 2. The molecule has 1 aromatic rings. The molecular weight excluding hydrogens is 382 g/mol. The number of hydrogen-bond donors (Lipinski definition) is 2. The van der Waals surface area contributed by atoms with E-state index in [1.54, 1.807) is 0 Å². The summed E-state index contributed by atoms with van der Waals surface area (Å²) in [6.07, 6.45) is -10.2. The van der Waals surface area contributed by atoms with Gasteiger partial charge in [0.25, 0.3) is 5.91 Å². The van der Waals surface area contributed by atoms with Gasteiger partial charge in [0, 0.05) is 19.0 Å². The fourth-order valence-electron chi connectivity index (χ4n) is 2.46. The van der Waals surface area contributed by atoms with Crippen LogP contribution in [-0.4, -0.2) is 37.2 Å². The van der Waals surface area contributed by atoms with Gasteiger partial charge in [-0.2, -0.15) is 26.3 Å². The van der Waals surface area contributed by atoms with Crippen LogP contribution < -0.4 is 15.4 Å². The molecule has 0 bridgehead atoms. The SMILES string of the molecule is O=C1CC(NC(=O)c2cc(C(F)(F)F)ccc2OCCC(F)(F)F)CCN1. The van der Waals surface area contributed by atoms with Gasteiger partial charge in [0.1, 0.15) is 5.75 Å². The summed E-state index contributed by atoms with van der Waals surface area (Å²) in [7, 11) is 0. The average molecular weight is 398 g/mol. The predicted octanol–water partition coefficient (Wildman–Crippen LogP) is 3.05. The maximum atomic E-state index is 12.9. The van der Waals surface area contributed by atoms with Crippen LogP contribution in [0.25, 0.3) is 0 Å². The minimum Gasteiger partial charge on any atom is -0.492 e. The standard InChI is InChI=1S/C16H16F6N2O3/c17-15(18,19)4-6-27-12-2-1-9(16(20,21)22)7-11(12)14(26)24-10-3-5-23-13(25)8-10/h1-2,7,10H,3-6,8H2,(H,23,25)(H,24,26). The molecule has 0 spiro atoms. The van der Waals surface area contributed by atoms with Crippen molar-refractivity contribution in [2.24, 2.45) is 0 Å². The van der Waals surface area contributed by atoms with Crippen molar-refractivity contribution >= 4 is 11.8 Å². The Morgan fingerprint density at radius 2 is 1.93 bits per heavy atom. The molecule has 1 saturated heterocycles. The maximum absolute atomic E-state index is 12.9. The molecule has 2 amide bonds. The summed E-state index contributed by atoms with van der Waals surface area (Å²) >= 11 is 0. The molecule has 1 aromatic carbocycles. The van der Waals surface area contributed by atoms with Crippen molar-refractivity contribution in [1.82, 2.24) is 10.6 Å². The third-order valence-corrected chi connectivity index (χ3v) is 3.78. The third kappa shape index (κ3) is 6.33. The summed E-state index contributed by atoms with van der Waals surface area (Å²) in [5.41, 5.74) is -1.69. The molecule has 0 aromatic heterocycles. The molecule has 5 nitrogen and oxygen atoms in total. The molecule has 27 heavy (non-hydrogen) atoms. The number of piperidine rings is 1. The molecule has 0 aliphatic carbocycles. The smallest absolute Gasteiger partial charge is 0.416 e. The molecular formula is C16H16F6N2O3. The Morgan fingerprint density at radius 3 is 2.52 bits per heavy atom. The summed E-state index contributed by atoms with van der Waals surface area (Å²) < 4.78 is 80.3. The summed E-state index contributed by atoms with van der Waals surface area (Å²) in [6.45, 7) is -0.553. The van der Waals surface area contributed by atoms with Crippen LogP contribution in [0.4, 0.5) is 26.3 Å². The van der Waals surface area contributed by atoms with Gasteiger partial charge in [0.2, 0.25) is 5.91 Å². The molecule has 11 heteroatoms. The second kappa shape index (κ2) is 8.05. The molecule has 1 aliphatic rings. The number of rotatable bonds is 5. The first-order valence-electron chi connectivity index (χ1n) is 7.94. The first-order chi connectivity index (χ1) is 12.5. The molecule has 1 atom stereocenters. The lowest BCUT2D eigenvalue weighted by Crippen LogP contribution is -2.45. The Kier molecular flexibility index (Phi) is 6.22. The highest BCUT2D eigenvalue weighted by molar-refractivity contribution is 5.97. The van der Waals surface area contributed by atoms with Gasteiger partial charge >= 0.3 is 12.4 Å². The van der Waals surface area contributed by atoms with Crippen molar-refractivity contribution in [2.45, 2.75) is 37.7 Å². The lowest BCUT2D eigenvalue weighted by molar-refractivity contribution is -0.139. The van der Waals surface area contributed by atoms with Crippen molar-refractivity contribution in [2.75, 3.05) is 13.2 Å². The summed E-state index contributed by atoms with van der Waals surface area (Å²) in [6, 6.07) is 1.35. The average Bonchev–Trinajstić information content (AvgIpc) is 2.52. The van der Waals surface area contributed by atoms with Crippen LogP contribution in [0.3, 0.4) is 0 Å². The Hall–Kier alpha value is -2.46. The van der Waals surface area contributed by atoms with E-state index in [4.69, 9.17) is 4.74 Å². The molecule has 1 unspecified atom stereocenters. The quantitative estimate of drug-likeness (QED) is 0.750. The third-order valence-electron chi connectivity index (χ3n) is 3.78. The van der Waals surface area contributed by atoms with E-state index in [-0.39, 0.29) is 12.3 Å². The highest BCUT2D eigenvalue weighted by Crippen LogP contribution is 2.33. The minimum absolute atomic E-state index is 0.0467. The number of amides is 2. The van der Waals surface area contributed by atoms with Crippen LogP contribution in [0.15, 0.2) is 18.2 Å². The molecule has 1 aliphatic heterocycles. The molecule has 150 valence electrons. The monoisotopic (exact) mass is 398 g/mol. The van der Waals surface area contributed by atoms with Gasteiger partial charge in [-0.25, -0.2) is 0 Å². The zero-order valence-corrected chi connectivity index (χ0v) is 13.8. The second-order valence-corrected chi connectivity index (χ2v) is 5.94. The minimum atomic E-state index is -4.75. The van der Waals surface area contributed by atoms with Gasteiger partial charge in [-0.1, -0.05) is 0 Å². The second-order valence-electron chi connectivity index (χ2n) is 5.94. The van der Waals surface area contributed by atoms with Gasteiger partial charge in [0.05, 0.1) is 24.2 Å². The highest BCUT2D eigenvalue weighted by Gasteiger charge is 2.33. The Balaban J connectivity index is 2.20. The molecule has 1 heterocycles. The fourth-order valence-corrected chi connectivity index (χ4v) is 2.46.